The van der Waals surface area contributed by atoms with Crippen LogP contribution in [0.3, 0.4) is 0 Å². The predicted octanol–water partition coefficient (Wildman–Crippen LogP) is 3.10. The SMILES string of the molecule is CC1CN(C(=O)c2cc(Cl)ccc2OC2CCCC2)CCN1. The minimum atomic E-state index is 0.0175. The summed E-state index contributed by atoms with van der Waals surface area (Å²) in [5.74, 6) is 0.691. The van der Waals surface area contributed by atoms with Crippen LogP contribution < -0.4 is 10.1 Å². The molecule has 3 rings (SSSR count). The molecule has 1 aliphatic carbocycles. The fraction of sp³-hybridized carbons (Fsp3) is 0.588. The summed E-state index contributed by atoms with van der Waals surface area (Å²) in [7, 11) is 0. The maximum atomic E-state index is 12.9. The van der Waals surface area contributed by atoms with Crippen molar-refractivity contribution in [1.82, 2.24) is 10.2 Å². The second-order valence-electron chi connectivity index (χ2n) is 6.27. The Bertz CT molecular complexity index is 543. The topological polar surface area (TPSA) is 41.6 Å². The lowest BCUT2D eigenvalue weighted by atomic mass is 10.1. The van der Waals surface area contributed by atoms with Crippen molar-refractivity contribution in [2.75, 3.05) is 19.6 Å². The average molecular weight is 323 g/mol. The van der Waals surface area contributed by atoms with Gasteiger partial charge in [-0.05, 0) is 50.8 Å². The van der Waals surface area contributed by atoms with Gasteiger partial charge < -0.3 is 15.0 Å². The van der Waals surface area contributed by atoms with Crippen molar-refractivity contribution in [2.24, 2.45) is 0 Å². The number of carbonyl (C=O) groups excluding carboxylic acids is 1. The third kappa shape index (κ3) is 3.55. The summed E-state index contributed by atoms with van der Waals surface area (Å²) in [6.07, 6.45) is 4.78. The van der Waals surface area contributed by atoms with E-state index in [0.717, 1.165) is 25.9 Å². The Morgan fingerprint density at radius 2 is 2.14 bits per heavy atom. The quantitative estimate of drug-likeness (QED) is 0.929. The normalized spacial score (nSPS) is 22.8. The van der Waals surface area contributed by atoms with Crippen molar-refractivity contribution in [3.05, 3.63) is 28.8 Å². The highest BCUT2D eigenvalue weighted by atomic mass is 35.5. The van der Waals surface area contributed by atoms with E-state index in [-0.39, 0.29) is 12.0 Å². The number of piperazine rings is 1. The predicted molar refractivity (Wildman–Crippen MR) is 87.7 cm³/mol. The highest BCUT2D eigenvalue weighted by Gasteiger charge is 2.26. The lowest BCUT2D eigenvalue weighted by Crippen LogP contribution is -2.51. The van der Waals surface area contributed by atoms with E-state index in [0.29, 0.717) is 28.9 Å². The molecule has 1 saturated heterocycles. The van der Waals surface area contributed by atoms with Crippen LogP contribution in [0.15, 0.2) is 18.2 Å². The molecule has 0 radical (unpaired) electrons. The summed E-state index contributed by atoms with van der Waals surface area (Å²) in [4.78, 5) is 14.7. The Morgan fingerprint density at radius 3 is 2.86 bits per heavy atom. The van der Waals surface area contributed by atoms with E-state index < -0.39 is 0 Å². The van der Waals surface area contributed by atoms with Gasteiger partial charge in [0.25, 0.3) is 5.91 Å². The Hall–Kier alpha value is -1.26. The molecule has 1 unspecified atom stereocenters. The number of halogens is 1. The molecule has 1 saturated carbocycles. The summed E-state index contributed by atoms with van der Waals surface area (Å²) in [6, 6.07) is 5.68. The van der Waals surface area contributed by atoms with Gasteiger partial charge in [-0.25, -0.2) is 0 Å². The van der Waals surface area contributed by atoms with Crippen LogP contribution in [0.1, 0.15) is 43.0 Å². The molecule has 0 bridgehead atoms. The Kier molecular flexibility index (Phi) is 4.89. The fourth-order valence-corrected chi connectivity index (χ4v) is 3.42. The summed E-state index contributed by atoms with van der Waals surface area (Å²) in [6.45, 7) is 4.35. The van der Waals surface area contributed by atoms with Gasteiger partial charge >= 0.3 is 0 Å². The summed E-state index contributed by atoms with van der Waals surface area (Å²) < 4.78 is 6.08. The zero-order valence-corrected chi connectivity index (χ0v) is 13.7. The third-order valence-electron chi connectivity index (χ3n) is 4.42. The molecule has 1 aromatic carbocycles. The lowest BCUT2D eigenvalue weighted by molar-refractivity contribution is 0.0702. The first-order valence-corrected chi connectivity index (χ1v) is 8.50. The number of amides is 1. The molecule has 4 nitrogen and oxygen atoms in total. The third-order valence-corrected chi connectivity index (χ3v) is 4.66. The molecule has 120 valence electrons. The number of nitrogens with one attached hydrogen (secondary N) is 1. The van der Waals surface area contributed by atoms with Gasteiger partial charge in [0.2, 0.25) is 0 Å². The summed E-state index contributed by atoms with van der Waals surface area (Å²) in [5, 5.41) is 3.93. The fourth-order valence-electron chi connectivity index (χ4n) is 3.24. The second kappa shape index (κ2) is 6.88. The Morgan fingerprint density at radius 1 is 1.36 bits per heavy atom. The van der Waals surface area contributed by atoms with Gasteiger partial charge in [0.15, 0.2) is 0 Å². The molecule has 1 atom stereocenters. The molecule has 0 spiro atoms. The minimum Gasteiger partial charge on any atom is -0.490 e. The molecule has 22 heavy (non-hydrogen) atoms. The molecule has 2 aliphatic rings. The van der Waals surface area contributed by atoms with E-state index in [9.17, 15) is 4.79 Å². The standard InChI is InChI=1S/C17H23ClN2O2/c1-12-11-20(9-8-19-12)17(21)15-10-13(18)6-7-16(15)22-14-4-2-3-5-14/h6-7,10,12,14,19H,2-5,8-9,11H2,1H3. The van der Waals surface area contributed by atoms with Gasteiger partial charge in [-0.15, -0.1) is 0 Å². The van der Waals surface area contributed by atoms with E-state index in [2.05, 4.69) is 12.2 Å². The molecule has 1 aliphatic heterocycles. The zero-order chi connectivity index (χ0) is 15.5. The second-order valence-corrected chi connectivity index (χ2v) is 6.71. The van der Waals surface area contributed by atoms with Crippen LogP contribution in [0.4, 0.5) is 0 Å². The maximum Gasteiger partial charge on any atom is 0.257 e. The monoisotopic (exact) mass is 322 g/mol. The number of nitrogens with zero attached hydrogens (tertiary/aromatic N) is 1. The first kappa shape index (κ1) is 15.6. The molecule has 5 heteroatoms. The summed E-state index contributed by atoms with van der Waals surface area (Å²) >= 11 is 6.11. The van der Waals surface area contributed by atoms with Crippen LogP contribution >= 0.6 is 11.6 Å². The summed E-state index contributed by atoms with van der Waals surface area (Å²) in [5.41, 5.74) is 0.591. The molecular formula is C17H23ClN2O2. The van der Waals surface area contributed by atoms with Crippen LogP contribution in [-0.4, -0.2) is 42.6 Å². The zero-order valence-electron chi connectivity index (χ0n) is 13.0. The van der Waals surface area contributed by atoms with Crippen molar-refractivity contribution in [3.63, 3.8) is 0 Å². The smallest absolute Gasteiger partial charge is 0.257 e. The number of benzene rings is 1. The van der Waals surface area contributed by atoms with Gasteiger partial charge in [-0.2, -0.15) is 0 Å². The maximum absolute atomic E-state index is 12.9. The highest BCUT2D eigenvalue weighted by Crippen LogP contribution is 2.29. The van der Waals surface area contributed by atoms with Crippen molar-refractivity contribution < 1.29 is 9.53 Å². The van der Waals surface area contributed by atoms with E-state index in [1.54, 1.807) is 12.1 Å². The van der Waals surface area contributed by atoms with Crippen LogP contribution in [0, 0.1) is 0 Å². The van der Waals surface area contributed by atoms with Gasteiger partial charge in [0.1, 0.15) is 5.75 Å². The van der Waals surface area contributed by atoms with Crippen molar-refractivity contribution in [3.8, 4) is 5.75 Å². The molecule has 1 N–H and O–H groups in total. The van der Waals surface area contributed by atoms with Crippen molar-refractivity contribution in [1.29, 1.82) is 0 Å². The first-order valence-electron chi connectivity index (χ1n) is 8.12. The largest absolute Gasteiger partial charge is 0.490 e. The average Bonchev–Trinajstić information content (AvgIpc) is 3.01. The van der Waals surface area contributed by atoms with Gasteiger partial charge in [0.05, 0.1) is 11.7 Å². The van der Waals surface area contributed by atoms with E-state index in [1.165, 1.54) is 12.8 Å². The molecule has 0 aromatic heterocycles. The molecular weight excluding hydrogens is 300 g/mol. The van der Waals surface area contributed by atoms with Crippen LogP contribution in [0.25, 0.3) is 0 Å². The van der Waals surface area contributed by atoms with Crippen LogP contribution in [-0.2, 0) is 0 Å². The number of hydrogen-bond donors (Lipinski definition) is 1. The van der Waals surface area contributed by atoms with Crippen LogP contribution in [0.2, 0.25) is 5.02 Å². The molecule has 1 amide bonds. The number of ether oxygens (including phenoxy) is 1. The van der Waals surface area contributed by atoms with Crippen molar-refractivity contribution in [2.45, 2.75) is 44.8 Å². The Balaban J connectivity index is 1.80. The van der Waals surface area contributed by atoms with Gasteiger partial charge in [-0.3, -0.25) is 4.79 Å². The van der Waals surface area contributed by atoms with E-state index in [1.807, 2.05) is 11.0 Å². The van der Waals surface area contributed by atoms with Gasteiger partial charge in [-0.1, -0.05) is 11.6 Å². The Labute approximate surface area is 136 Å². The minimum absolute atomic E-state index is 0.0175. The lowest BCUT2D eigenvalue weighted by Gasteiger charge is -2.32. The number of carbonyl (C=O) groups is 1. The molecule has 2 fully saturated rings. The van der Waals surface area contributed by atoms with E-state index >= 15 is 0 Å². The number of rotatable bonds is 3. The molecule has 1 heterocycles. The molecule has 1 aromatic rings. The first-order chi connectivity index (χ1) is 10.6. The number of hydrogen-bond acceptors (Lipinski definition) is 3. The van der Waals surface area contributed by atoms with Gasteiger partial charge in [0, 0.05) is 30.7 Å². The highest BCUT2D eigenvalue weighted by molar-refractivity contribution is 6.31. The van der Waals surface area contributed by atoms with Crippen LogP contribution in [0.5, 0.6) is 5.75 Å². The van der Waals surface area contributed by atoms with E-state index in [4.69, 9.17) is 16.3 Å². The van der Waals surface area contributed by atoms with Crippen molar-refractivity contribution >= 4 is 17.5 Å².